The summed E-state index contributed by atoms with van der Waals surface area (Å²) in [6, 6.07) is 5.72. The minimum absolute atomic E-state index is 0.626. The van der Waals surface area contributed by atoms with E-state index in [0.29, 0.717) is 12.1 Å². The van der Waals surface area contributed by atoms with Gasteiger partial charge in [-0.05, 0) is 51.9 Å². The van der Waals surface area contributed by atoms with E-state index in [2.05, 4.69) is 53.8 Å². The number of rotatable bonds is 6. The third-order valence-corrected chi connectivity index (χ3v) is 5.20. The van der Waals surface area contributed by atoms with E-state index < -0.39 is 0 Å². The lowest BCUT2D eigenvalue weighted by atomic mass is 9.99. The van der Waals surface area contributed by atoms with Gasteiger partial charge in [-0.3, -0.25) is 0 Å². The minimum Gasteiger partial charge on any atom is -0.317 e. The zero-order valence-corrected chi connectivity index (χ0v) is 13.2. The Bertz CT molecular complexity index is 352. The molecule has 4 heteroatoms. The first kappa shape index (κ1) is 15.0. The zero-order chi connectivity index (χ0) is 13.7. The number of aryl methyl sites for hydroxylation is 1. The lowest BCUT2D eigenvalue weighted by Gasteiger charge is -2.39. The molecule has 1 aliphatic heterocycles. The van der Waals surface area contributed by atoms with Crippen LogP contribution in [-0.4, -0.2) is 62.7 Å². The number of likely N-dealkylation sites (N-methyl/N-ethyl adjacent to an activating group) is 2. The van der Waals surface area contributed by atoms with Crippen molar-refractivity contribution < 1.29 is 0 Å². The second-order valence-corrected chi connectivity index (χ2v) is 6.77. The molecule has 0 radical (unpaired) electrons. The number of hydrogen-bond donors (Lipinski definition) is 1. The molecule has 1 aliphatic rings. The molecule has 1 aromatic heterocycles. The Kier molecular flexibility index (Phi) is 5.82. The van der Waals surface area contributed by atoms with Crippen LogP contribution in [0.3, 0.4) is 0 Å². The smallest absolute Gasteiger partial charge is 0.0235 e. The van der Waals surface area contributed by atoms with Crippen LogP contribution in [-0.2, 0) is 6.42 Å². The second kappa shape index (κ2) is 7.39. The molecule has 2 rings (SSSR count). The molecule has 0 spiro atoms. The fourth-order valence-corrected chi connectivity index (χ4v) is 3.56. The molecular weight excluding hydrogens is 254 g/mol. The van der Waals surface area contributed by atoms with Crippen LogP contribution in [0.4, 0.5) is 0 Å². The summed E-state index contributed by atoms with van der Waals surface area (Å²) in [5.41, 5.74) is 0. The average molecular weight is 281 g/mol. The molecule has 0 aliphatic carbocycles. The van der Waals surface area contributed by atoms with Gasteiger partial charge in [0.1, 0.15) is 0 Å². The molecule has 3 nitrogen and oxygen atoms in total. The largest absolute Gasteiger partial charge is 0.317 e. The van der Waals surface area contributed by atoms with Crippen LogP contribution in [0.1, 0.15) is 17.7 Å². The predicted molar refractivity (Wildman–Crippen MR) is 84.0 cm³/mol. The molecule has 1 fully saturated rings. The zero-order valence-electron chi connectivity index (χ0n) is 12.4. The number of hydrogen-bond acceptors (Lipinski definition) is 4. The average Bonchev–Trinajstić information content (AvgIpc) is 2.91. The number of thiophene rings is 1. The summed E-state index contributed by atoms with van der Waals surface area (Å²) in [5, 5.41) is 5.68. The highest BCUT2D eigenvalue weighted by atomic mass is 32.1. The van der Waals surface area contributed by atoms with E-state index >= 15 is 0 Å². The number of nitrogens with zero attached hydrogens (tertiary/aromatic N) is 2. The predicted octanol–water partition coefficient (Wildman–Crippen LogP) is 1.90. The van der Waals surface area contributed by atoms with Crippen LogP contribution in [0.25, 0.3) is 0 Å². The van der Waals surface area contributed by atoms with E-state index in [1.165, 1.54) is 43.8 Å². The van der Waals surface area contributed by atoms with Gasteiger partial charge in [-0.1, -0.05) is 6.07 Å². The van der Waals surface area contributed by atoms with Crippen molar-refractivity contribution in [1.29, 1.82) is 0 Å². The van der Waals surface area contributed by atoms with Gasteiger partial charge in [-0.2, -0.15) is 0 Å². The molecule has 108 valence electrons. The van der Waals surface area contributed by atoms with Crippen molar-refractivity contribution in [1.82, 2.24) is 15.1 Å². The molecule has 2 unspecified atom stereocenters. The summed E-state index contributed by atoms with van der Waals surface area (Å²) >= 11 is 1.88. The summed E-state index contributed by atoms with van der Waals surface area (Å²) in [6.45, 7) is 3.60. The standard InChI is InChI=1S/C15H27N3S/c1-16-13(6-7-15-5-4-10-19-15)11-14-12-17(2)8-9-18(14)3/h4-5,10,13-14,16H,6-9,11-12H2,1-3H3. The van der Waals surface area contributed by atoms with Gasteiger partial charge in [0.2, 0.25) is 0 Å². The van der Waals surface area contributed by atoms with Crippen molar-refractivity contribution in [3.05, 3.63) is 22.4 Å². The number of piperazine rings is 1. The third-order valence-electron chi connectivity index (χ3n) is 4.26. The van der Waals surface area contributed by atoms with Crippen molar-refractivity contribution >= 4 is 11.3 Å². The van der Waals surface area contributed by atoms with Crippen molar-refractivity contribution in [2.24, 2.45) is 0 Å². The van der Waals surface area contributed by atoms with Crippen molar-refractivity contribution in [3.63, 3.8) is 0 Å². The Balaban J connectivity index is 1.80. The Hall–Kier alpha value is -0.420. The minimum atomic E-state index is 0.626. The Morgan fingerprint density at radius 2 is 2.26 bits per heavy atom. The van der Waals surface area contributed by atoms with E-state index in [0.717, 1.165) is 0 Å². The van der Waals surface area contributed by atoms with Gasteiger partial charge in [0.25, 0.3) is 0 Å². The SMILES string of the molecule is CNC(CCc1cccs1)CC1CN(C)CCN1C. The van der Waals surface area contributed by atoms with Crippen molar-refractivity contribution in [3.8, 4) is 0 Å². The van der Waals surface area contributed by atoms with Crippen molar-refractivity contribution in [2.45, 2.75) is 31.3 Å². The van der Waals surface area contributed by atoms with Gasteiger partial charge in [0.05, 0.1) is 0 Å². The highest BCUT2D eigenvalue weighted by molar-refractivity contribution is 7.09. The number of nitrogens with one attached hydrogen (secondary N) is 1. The molecule has 19 heavy (non-hydrogen) atoms. The van der Waals surface area contributed by atoms with E-state index in [9.17, 15) is 0 Å². The molecule has 1 N–H and O–H groups in total. The maximum Gasteiger partial charge on any atom is 0.0235 e. The second-order valence-electron chi connectivity index (χ2n) is 5.74. The topological polar surface area (TPSA) is 18.5 Å². The summed E-state index contributed by atoms with van der Waals surface area (Å²) in [5.74, 6) is 0. The molecule has 0 bridgehead atoms. The van der Waals surface area contributed by atoms with Gasteiger partial charge in [-0.15, -0.1) is 11.3 Å². The normalized spacial score (nSPS) is 23.6. The molecule has 2 heterocycles. The highest BCUT2D eigenvalue weighted by Gasteiger charge is 2.24. The van der Waals surface area contributed by atoms with E-state index in [1.807, 2.05) is 11.3 Å². The fraction of sp³-hybridized carbons (Fsp3) is 0.733. The van der Waals surface area contributed by atoms with Gasteiger partial charge >= 0.3 is 0 Å². The lowest BCUT2D eigenvalue weighted by Crippen LogP contribution is -2.52. The van der Waals surface area contributed by atoms with Gasteiger partial charge < -0.3 is 15.1 Å². The van der Waals surface area contributed by atoms with Crippen LogP contribution in [0.2, 0.25) is 0 Å². The maximum absolute atomic E-state index is 3.51. The monoisotopic (exact) mass is 281 g/mol. The maximum atomic E-state index is 3.51. The van der Waals surface area contributed by atoms with Crippen LogP contribution in [0.5, 0.6) is 0 Å². The fourth-order valence-electron chi connectivity index (χ4n) is 2.84. The van der Waals surface area contributed by atoms with Gasteiger partial charge in [-0.25, -0.2) is 0 Å². The van der Waals surface area contributed by atoms with Gasteiger partial charge in [0.15, 0.2) is 0 Å². The third kappa shape index (κ3) is 4.56. The van der Waals surface area contributed by atoms with Crippen molar-refractivity contribution in [2.75, 3.05) is 40.8 Å². The lowest BCUT2D eigenvalue weighted by molar-refractivity contribution is 0.101. The van der Waals surface area contributed by atoms with E-state index in [1.54, 1.807) is 0 Å². The van der Waals surface area contributed by atoms with Crippen LogP contribution < -0.4 is 5.32 Å². The summed E-state index contributed by atoms with van der Waals surface area (Å²) in [6.07, 6.45) is 3.70. The summed E-state index contributed by atoms with van der Waals surface area (Å²) in [4.78, 5) is 6.49. The van der Waals surface area contributed by atoms with E-state index in [4.69, 9.17) is 0 Å². The molecule has 0 aromatic carbocycles. The first-order valence-corrected chi connectivity index (χ1v) is 8.15. The Morgan fingerprint density at radius 3 is 2.95 bits per heavy atom. The van der Waals surface area contributed by atoms with Crippen LogP contribution >= 0.6 is 11.3 Å². The Morgan fingerprint density at radius 1 is 1.42 bits per heavy atom. The molecule has 0 amide bonds. The van der Waals surface area contributed by atoms with Crippen LogP contribution in [0.15, 0.2) is 17.5 Å². The molecule has 1 aromatic rings. The molecule has 0 saturated carbocycles. The molecular formula is C15H27N3S. The Labute approximate surface area is 121 Å². The summed E-state index contributed by atoms with van der Waals surface area (Å²) in [7, 11) is 6.61. The molecule has 2 atom stereocenters. The quantitative estimate of drug-likeness (QED) is 0.859. The van der Waals surface area contributed by atoms with E-state index in [-0.39, 0.29) is 0 Å². The van der Waals surface area contributed by atoms with Gasteiger partial charge in [0, 0.05) is 36.6 Å². The first-order chi connectivity index (χ1) is 9.19. The first-order valence-electron chi connectivity index (χ1n) is 7.27. The van der Waals surface area contributed by atoms with Crippen LogP contribution in [0, 0.1) is 0 Å². The molecule has 1 saturated heterocycles. The summed E-state index contributed by atoms with van der Waals surface area (Å²) < 4.78 is 0. The highest BCUT2D eigenvalue weighted by Crippen LogP contribution is 2.17.